The maximum Gasteiger partial charge on any atom is 0.314 e. The van der Waals surface area contributed by atoms with Crippen LogP contribution in [-0.2, 0) is 19.6 Å². The fourth-order valence-corrected chi connectivity index (χ4v) is 5.18. The standard InChI is InChI=1S/C18H26N4O5S/c1-13-4-5-15(11-16(13)28(25,26)22-7-9-27-10-8-22)20-17(23)14-3-2-6-21(12-14)18(19)24/h4-5,11,14H,2-3,6-10,12H2,1H3,(H2,19,24)(H,20,23)/t14-/m0/s1. The molecule has 28 heavy (non-hydrogen) atoms. The number of nitrogens with two attached hydrogens (primary N) is 1. The molecule has 0 bridgehead atoms. The Bertz CT molecular complexity index is 852. The highest BCUT2D eigenvalue weighted by Crippen LogP contribution is 2.25. The van der Waals surface area contributed by atoms with E-state index in [2.05, 4.69) is 5.32 Å². The van der Waals surface area contributed by atoms with Crippen molar-refractivity contribution in [2.75, 3.05) is 44.7 Å². The molecule has 0 saturated carbocycles. The Kier molecular flexibility index (Phi) is 6.21. The third kappa shape index (κ3) is 4.45. The zero-order valence-corrected chi connectivity index (χ0v) is 16.7. The molecule has 2 saturated heterocycles. The van der Waals surface area contributed by atoms with Gasteiger partial charge < -0.3 is 20.7 Å². The fourth-order valence-electron chi connectivity index (χ4n) is 3.52. The van der Waals surface area contributed by atoms with Gasteiger partial charge in [0.1, 0.15) is 0 Å². The molecule has 3 amide bonds. The number of nitrogens with one attached hydrogen (secondary N) is 1. The monoisotopic (exact) mass is 410 g/mol. The van der Waals surface area contributed by atoms with E-state index in [-0.39, 0.29) is 23.3 Å². The van der Waals surface area contributed by atoms with Gasteiger partial charge in [0, 0.05) is 31.9 Å². The number of benzene rings is 1. The Morgan fingerprint density at radius 2 is 1.93 bits per heavy atom. The van der Waals surface area contributed by atoms with Crippen molar-refractivity contribution in [3.63, 3.8) is 0 Å². The molecular formula is C18H26N4O5S. The summed E-state index contributed by atoms with van der Waals surface area (Å²) >= 11 is 0. The van der Waals surface area contributed by atoms with E-state index in [1.807, 2.05) is 0 Å². The van der Waals surface area contributed by atoms with Gasteiger partial charge in [-0.05, 0) is 37.5 Å². The summed E-state index contributed by atoms with van der Waals surface area (Å²) in [6, 6.07) is 4.32. The number of nitrogens with zero attached hydrogens (tertiary/aromatic N) is 2. The van der Waals surface area contributed by atoms with Crippen molar-refractivity contribution in [3.05, 3.63) is 23.8 Å². The third-order valence-electron chi connectivity index (χ3n) is 5.15. The van der Waals surface area contributed by atoms with Crippen LogP contribution in [0.3, 0.4) is 0 Å². The van der Waals surface area contributed by atoms with E-state index in [0.717, 1.165) is 0 Å². The lowest BCUT2D eigenvalue weighted by atomic mass is 9.97. The molecule has 3 N–H and O–H groups in total. The summed E-state index contributed by atoms with van der Waals surface area (Å²) in [5.41, 5.74) is 6.34. The van der Waals surface area contributed by atoms with E-state index in [1.54, 1.807) is 19.1 Å². The quantitative estimate of drug-likeness (QED) is 0.758. The Morgan fingerprint density at radius 1 is 1.21 bits per heavy atom. The summed E-state index contributed by atoms with van der Waals surface area (Å²) in [7, 11) is -3.66. The number of piperidine rings is 1. The molecule has 2 aliphatic rings. The van der Waals surface area contributed by atoms with Gasteiger partial charge in [0.15, 0.2) is 0 Å². The predicted octanol–water partition coefficient (Wildman–Crippen LogP) is 0.745. The fraction of sp³-hybridized carbons (Fsp3) is 0.556. The lowest BCUT2D eigenvalue weighted by Gasteiger charge is -2.30. The summed E-state index contributed by atoms with van der Waals surface area (Å²) in [6.07, 6.45) is 1.35. The number of aryl methyl sites for hydroxylation is 1. The highest BCUT2D eigenvalue weighted by molar-refractivity contribution is 7.89. The molecule has 1 atom stereocenters. The SMILES string of the molecule is Cc1ccc(NC(=O)[C@H]2CCCN(C(N)=O)C2)cc1S(=O)(=O)N1CCOCC1. The number of ether oxygens (including phenoxy) is 1. The summed E-state index contributed by atoms with van der Waals surface area (Å²) in [5.74, 6) is -0.619. The molecule has 0 radical (unpaired) electrons. The van der Waals surface area contributed by atoms with Crippen LogP contribution in [0, 0.1) is 12.8 Å². The lowest BCUT2D eigenvalue weighted by molar-refractivity contribution is -0.121. The minimum absolute atomic E-state index is 0.176. The van der Waals surface area contributed by atoms with Gasteiger partial charge >= 0.3 is 6.03 Å². The Morgan fingerprint density at radius 3 is 2.61 bits per heavy atom. The average Bonchev–Trinajstić information content (AvgIpc) is 2.70. The maximum absolute atomic E-state index is 13.0. The number of carbonyl (C=O) groups is 2. The molecule has 1 aromatic rings. The average molecular weight is 410 g/mol. The predicted molar refractivity (Wildman–Crippen MR) is 103 cm³/mol. The minimum Gasteiger partial charge on any atom is -0.379 e. The first-order chi connectivity index (χ1) is 13.3. The van der Waals surface area contributed by atoms with E-state index in [0.29, 0.717) is 56.9 Å². The van der Waals surface area contributed by atoms with Crippen LogP contribution in [-0.4, -0.2) is 69.0 Å². The number of urea groups is 1. The summed E-state index contributed by atoms with van der Waals surface area (Å²) in [5, 5.41) is 2.79. The number of carbonyl (C=O) groups excluding carboxylic acids is 2. The smallest absolute Gasteiger partial charge is 0.314 e. The topological polar surface area (TPSA) is 122 Å². The maximum atomic E-state index is 13.0. The van der Waals surface area contributed by atoms with Gasteiger partial charge in [0.25, 0.3) is 0 Å². The van der Waals surface area contributed by atoms with Gasteiger partial charge in [-0.15, -0.1) is 0 Å². The Hall–Kier alpha value is -2.17. The largest absolute Gasteiger partial charge is 0.379 e. The van der Waals surface area contributed by atoms with Gasteiger partial charge in [-0.2, -0.15) is 4.31 Å². The van der Waals surface area contributed by atoms with Crippen LogP contribution in [0.1, 0.15) is 18.4 Å². The van der Waals surface area contributed by atoms with Crippen molar-refractivity contribution in [3.8, 4) is 0 Å². The van der Waals surface area contributed by atoms with Crippen molar-refractivity contribution < 1.29 is 22.7 Å². The summed E-state index contributed by atoms with van der Waals surface area (Å²) in [6.45, 7) is 3.90. The van der Waals surface area contributed by atoms with Crippen LogP contribution < -0.4 is 11.1 Å². The van der Waals surface area contributed by atoms with E-state index in [1.165, 1.54) is 15.3 Å². The lowest BCUT2D eigenvalue weighted by Crippen LogP contribution is -2.46. The van der Waals surface area contributed by atoms with Crippen LogP contribution >= 0.6 is 0 Å². The van der Waals surface area contributed by atoms with E-state index < -0.39 is 16.1 Å². The van der Waals surface area contributed by atoms with Crippen molar-refractivity contribution in [2.45, 2.75) is 24.7 Å². The molecule has 0 aromatic heterocycles. The minimum atomic E-state index is -3.66. The van der Waals surface area contributed by atoms with Gasteiger partial charge in [-0.1, -0.05) is 6.07 Å². The zero-order valence-electron chi connectivity index (χ0n) is 15.9. The number of morpholine rings is 1. The number of rotatable bonds is 4. The van der Waals surface area contributed by atoms with Gasteiger partial charge in [0.2, 0.25) is 15.9 Å². The van der Waals surface area contributed by atoms with Crippen molar-refractivity contribution in [2.24, 2.45) is 11.7 Å². The zero-order chi connectivity index (χ0) is 20.3. The normalized spacial score (nSPS) is 21.3. The van der Waals surface area contributed by atoms with Crippen molar-refractivity contribution in [1.82, 2.24) is 9.21 Å². The van der Waals surface area contributed by atoms with E-state index in [4.69, 9.17) is 10.5 Å². The number of hydrogen-bond donors (Lipinski definition) is 2. The molecule has 2 heterocycles. The van der Waals surface area contributed by atoms with Crippen LogP contribution in [0.5, 0.6) is 0 Å². The number of anilines is 1. The van der Waals surface area contributed by atoms with Crippen LogP contribution in [0.25, 0.3) is 0 Å². The van der Waals surface area contributed by atoms with Gasteiger partial charge in [-0.25, -0.2) is 13.2 Å². The number of amides is 3. The first-order valence-electron chi connectivity index (χ1n) is 9.33. The first-order valence-corrected chi connectivity index (χ1v) is 10.8. The van der Waals surface area contributed by atoms with Crippen molar-refractivity contribution >= 4 is 27.6 Å². The second kappa shape index (κ2) is 8.46. The Balaban J connectivity index is 1.76. The van der Waals surface area contributed by atoms with Gasteiger partial charge in [-0.3, -0.25) is 4.79 Å². The summed E-state index contributed by atoms with van der Waals surface area (Å²) < 4.78 is 32.6. The molecule has 154 valence electrons. The second-order valence-electron chi connectivity index (χ2n) is 7.11. The molecule has 0 aliphatic carbocycles. The molecule has 0 unspecified atom stereocenters. The Labute approximate surface area is 164 Å². The number of sulfonamides is 1. The van der Waals surface area contributed by atoms with Crippen molar-refractivity contribution in [1.29, 1.82) is 0 Å². The molecule has 0 spiro atoms. The van der Waals surface area contributed by atoms with Gasteiger partial charge in [0.05, 0.1) is 24.0 Å². The molecule has 2 aliphatic heterocycles. The molecule has 2 fully saturated rings. The highest BCUT2D eigenvalue weighted by Gasteiger charge is 2.30. The molecule has 3 rings (SSSR count). The summed E-state index contributed by atoms with van der Waals surface area (Å²) in [4.78, 5) is 25.6. The van der Waals surface area contributed by atoms with E-state index in [9.17, 15) is 18.0 Å². The number of likely N-dealkylation sites (tertiary alicyclic amines) is 1. The molecular weight excluding hydrogens is 384 g/mol. The highest BCUT2D eigenvalue weighted by atomic mass is 32.2. The van der Waals surface area contributed by atoms with Crippen LogP contribution in [0.4, 0.5) is 10.5 Å². The first kappa shape index (κ1) is 20.6. The molecule has 1 aromatic carbocycles. The van der Waals surface area contributed by atoms with E-state index >= 15 is 0 Å². The van der Waals surface area contributed by atoms with Crippen LogP contribution in [0.15, 0.2) is 23.1 Å². The number of primary amides is 1. The third-order valence-corrected chi connectivity index (χ3v) is 7.19. The molecule has 9 nitrogen and oxygen atoms in total. The van der Waals surface area contributed by atoms with Crippen LogP contribution in [0.2, 0.25) is 0 Å². The molecule has 10 heteroatoms. The second-order valence-corrected chi connectivity index (χ2v) is 9.02. The number of hydrogen-bond acceptors (Lipinski definition) is 5.